The van der Waals surface area contributed by atoms with Crippen LogP contribution in [0.3, 0.4) is 0 Å². The first kappa shape index (κ1) is 26.0. The largest absolute Gasteiger partial charge is 0.494 e. The molecule has 37 heavy (non-hydrogen) atoms. The number of amides is 2. The zero-order chi connectivity index (χ0) is 26.4. The Hall–Kier alpha value is -2.66. The summed E-state index contributed by atoms with van der Waals surface area (Å²) < 4.78 is 5.58. The normalized spacial score (nSPS) is 30.5. The van der Waals surface area contributed by atoms with Crippen molar-refractivity contribution in [3.05, 3.63) is 35.7 Å². The van der Waals surface area contributed by atoms with Crippen molar-refractivity contribution in [2.75, 3.05) is 6.61 Å². The molecule has 10 nitrogen and oxygen atoms in total. The van der Waals surface area contributed by atoms with Crippen LogP contribution in [0.2, 0.25) is 0 Å². The van der Waals surface area contributed by atoms with E-state index in [4.69, 9.17) is 4.74 Å². The molecule has 0 spiro atoms. The van der Waals surface area contributed by atoms with Crippen molar-refractivity contribution in [2.45, 2.75) is 101 Å². The summed E-state index contributed by atoms with van der Waals surface area (Å²) in [7, 11) is 0. The number of nitrogens with zero attached hydrogens (tertiary/aromatic N) is 5. The number of aromatic amines is 1. The summed E-state index contributed by atoms with van der Waals surface area (Å²) in [4.78, 5) is 31.1. The van der Waals surface area contributed by atoms with Crippen molar-refractivity contribution in [1.29, 1.82) is 0 Å². The average molecular weight is 528 g/mol. The van der Waals surface area contributed by atoms with Crippen LogP contribution in [-0.4, -0.2) is 70.7 Å². The number of aromatic nitrogens is 4. The van der Waals surface area contributed by atoms with Crippen molar-refractivity contribution in [2.24, 2.45) is 0 Å². The van der Waals surface area contributed by atoms with Crippen LogP contribution in [0.15, 0.2) is 24.3 Å². The van der Waals surface area contributed by atoms with Crippen LogP contribution < -0.4 is 10.1 Å². The second kappa shape index (κ2) is 9.90. The number of benzene rings is 1. The Kier molecular flexibility index (Phi) is 6.95. The van der Waals surface area contributed by atoms with Gasteiger partial charge in [-0.05, 0) is 61.7 Å². The van der Waals surface area contributed by atoms with Gasteiger partial charge in [0.05, 0.1) is 12.3 Å². The Bertz CT molecular complexity index is 1130. The van der Waals surface area contributed by atoms with E-state index in [-0.39, 0.29) is 28.0 Å². The summed E-state index contributed by atoms with van der Waals surface area (Å²) >= 11 is 1.70. The zero-order valence-corrected chi connectivity index (χ0v) is 23.0. The maximum atomic E-state index is 13.9. The van der Waals surface area contributed by atoms with Gasteiger partial charge in [0.25, 0.3) is 0 Å². The van der Waals surface area contributed by atoms with Gasteiger partial charge in [0, 0.05) is 4.75 Å². The van der Waals surface area contributed by atoms with E-state index in [2.05, 4.69) is 46.7 Å². The number of nitrogens with one attached hydrogen (secondary N) is 2. The highest BCUT2D eigenvalue weighted by atomic mass is 32.2. The molecule has 3 aliphatic rings. The number of rotatable bonds is 10. The minimum absolute atomic E-state index is 0.0632. The number of β-lactam (4-membered cyclic amide) rings is 1. The van der Waals surface area contributed by atoms with Gasteiger partial charge in [-0.3, -0.25) is 14.9 Å². The lowest BCUT2D eigenvalue weighted by Gasteiger charge is -2.51. The number of unbranched alkanes of at least 4 members (excludes halogenated alkanes) is 3. The molecule has 2 aromatic rings. The minimum atomic E-state index is -0.640. The number of carbonyl (C=O) groups is 2. The first-order valence-corrected chi connectivity index (χ1v) is 14.2. The quantitative estimate of drug-likeness (QED) is 0.356. The fraction of sp³-hybridized carbons (Fsp3) is 0.654. The lowest BCUT2D eigenvalue weighted by Crippen LogP contribution is -2.72. The average Bonchev–Trinajstić information content (AvgIpc) is 3.56. The van der Waals surface area contributed by atoms with Gasteiger partial charge in [-0.1, -0.05) is 45.2 Å². The van der Waals surface area contributed by atoms with Gasteiger partial charge in [0.1, 0.15) is 29.2 Å². The van der Waals surface area contributed by atoms with E-state index in [1.54, 1.807) is 16.7 Å². The molecule has 3 fully saturated rings. The molecule has 1 aromatic carbocycles. The third-order valence-corrected chi connectivity index (χ3v) is 9.51. The smallest absolute Gasteiger partial charge is 0.250 e. The number of hydrogen-bond donors (Lipinski definition) is 2. The van der Waals surface area contributed by atoms with Crippen molar-refractivity contribution >= 4 is 23.6 Å². The molecular formula is C26H37N7O3S. The number of ether oxygens (including phenoxy) is 1. The van der Waals surface area contributed by atoms with Crippen molar-refractivity contribution in [3.63, 3.8) is 0 Å². The maximum absolute atomic E-state index is 13.9. The molecule has 0 saturated carbocycles. The molecule has 5 rings (SSSR count). The number of hydrogen-bond acceptors (Lipinski definition) is 8. The monoisotopic (exact) mass is 527 g/mol. The van der Waals surface area contributed by atoms with E-state index in [0.29, 0.717) is 18.9 Å². The Morgan fingerprint density at radius 2 is 1.81 bits per heavy atom. The van der Waals surface area contributed by atoms with Crippen molar-refractivity contribution in [1.82, 2.24) is 35.7 Å². The van der Waals surface area contributed by atoms with Crippen molar-refractivity contribution in [3.8, 4) is 5.75 Å². The summed E-state index contributed by atoms with van der Waals surface area (Å²) in [5.74, 6) is 1.25. The molecule has 3 aliphatic heterocycles. The van der Waals surface area contributed by atoms with Crippen LogP contribution in [0, 0.1) is 0 Å². The van der Waals surface area contributed by atoms with E-state index in [0.717, 1.165) is 17.7 Å². The van der Waals surface area contributed by atoms with Crippen molar-refractivity contribution < 1.29 is 14.3 Å². The predicted octanol–water partition coefficient (Wildman–Crippen LogP) is 3.56. The second-order valence-electron chi connectivity index (χ2n) is 10.9. The molecule has 0 radical (unpaired) electrons. The number of thioether (sulfide) groups is 1. The number of carbonyl (C=O) groups excluding carboxylic acids is 2. The summed E-state index contributed by atoms with van der Waals surface area (Å²) in [6.07, 6.45) is 5.31. The molecule has 4 heterocycles. The van der Waals surface area contributed by atoms with Crippen LogP contribution in [0.25, 0.3) is 0 Å². The summed E-state index contributed by atoms with van der Waals surface area (Å²) in [5, 5.41) is 17.7. The highest BCUT2D eigenvalue weighted by molar-refractivity contribution is 8.01. The molecule has 11 heteroatoms. The molecule has 0 bridgehead atoms. The lowest BCUT2D eigenvalue weighted by atomic mass is 9.93. The van der Waals surface area contributed by atoms with Crippen LogP contribution in [0.5, 0.6) is 5.75 Å². The SMILES string of the molecule is CCCCCCOc1ccc(C2NC(C)(CC)N(C3C(=O)N4C3SC(C)(C)C4c3nnn[nH]3)C2=O)cc1. The maximum Gasteiger partial charge on any atom is 0.250 e. The summed E-state index contributed by atoms with van der Waals surface area (Å²) in [5.41, 5.74) is 0.235. The number of tetrazole rings is 1. The predicted molar refractivity (Wildman–Crippen MR) is 141 cm³/mol. The highest BCUT2D eigenvalue weighted by Crippen LogP contribution is 2.58. The van der Waals surface area contributed by atoms with Crippen LogP contribution >= 0.6 is 11.8 Å². The molecule has 200 valence electrons. The molecule has 5 unspecified atom stereocenters. The lowest BCUT2D eigenvalue weighted by molar-refractivity contribution is -0.166. The highest BCUT2D eigenvalue weighted by Gasteiger charge is 2.68. The molecule has 2 N–H and O–H groups in total. The minimum Gasteiger partial charge on any atom is -0.494 e. The fourth-order valence-electron chi connectivity index (χ4n) is 5.80. The Morgan fingerprint density at radius 3 is 2.46 bits per heavy atom. The van der Waals surface area contributed by atoms with Crippen LogP contribution in [0.1, 0.15) is 90.2 Å². The molecule has 5 atom stereocenters. The molecule has 1 aromatic heterocycles. The Balaban J connectivity index is 1.32. The van der Waals surface area contributed by atoms with Crippen LogP contribution in [-0.2, 0) is 9.59 Å². The van der Waals surface area contributed by atoms with Gasteiger partial charge in [-0.25, -0.2) is 5.10 Å². The number of fused-ring (bicyclic) bond motifs is 1. The van der Waals surface area contributed by atoms with E-state index < -0.39 is 17.7 Å². The van der Waals surface area contributed by atoms with E-state index in [1.807, 2.05) is 43.0 Å². The second-order valence-corrected chi connectivity index (χ2v) is 12.7. The van der Waals surface area contributed by atoms with E-state index in [9.17, 15) is 9.59 Å². The third kappa shape index (κ3) is 4.39. The van der Waals surface area contributed by atoms with Gasteiger partial charge in [-0.2, -0.15) is 0 Å². The first-order chi connectivity index (χ1) is 17.7. The van der Waals surface area contributed by atoms with Gasteiger partial charge in [-0.15, -0.1) is 16.9 Å². The van der Waals surface area contributed by atoms with Gasteiger partial charge >= 0.3 is 0 Å². The van der Waals surface area contributed by atoms with E-state index >= 15 is 0 Å². The Morgan fingerprint density at radius 1 is 1.05 bits per heavy atom. The van der Waals surface area contributed by atoms with Gasteiger partial charge < -0.3 is 14.5 Å². The number of H-pyrrole nitrogens is 1. The van der Waals surface area contributed by atoms with E-state index in [1.165, 1.54) is 19.3 Å². The van der Waals surface area contributed by atoms with Gasteiger partial charge in [0.2, 0.25) is 11.8 Å². The molecular weight excluding hydrogens is 490 g/mol. The Labute approximate surface area is 222 Å². The molecule has 0 aliphatic carbocycles. The van der Waals surface area contributed by atoms with Crippen LogP contribution in [0.4, 0.5) is 0 Å². The summed E-state index contributed by atoms with van der Waals surface area (Å²) in [6, 6.07) is 6.43. The third-order valence-electron chi connectivity index (χ3n) is 7.95. The molecule has 2 amide bonds. The zero-order valence-electron chi connectivity index (χ0n) is 22.2. The first-order valence-electron chi connectivity index (χ1n) is 13.3. The standard InChI is InChI=1S/C26H37N7O3S/c1-6-8-9-10-15-36-17-13-11-16(12-14-17)18-22(34)33(26(5,7-2)27-18)19-23(35)32-20(21-28-30-31-29-21)25(3,4)37-24(19)32/h11-14,18-20,24,27H,6-10,15H2,1-5H3,(H,28,29,30,31). The molecule has 3 saturated heterocycles. The fourth-order valence-corrected chi connectivity index (χ4v) is 7.48. The topological polar surface area (TPSA) is 116 Å². The van der Waals surface area contributed by atoms with Gasteiger partial charge in [0.15, 0.2) is 5.82 Å². The summed E-state index contributed by atoms with van der Waals surface area (Å²) in [6.45, 7) is 11.1.